The lowest BCUT2D eigenvalue weighted by Crippen LogP contribution is -2.33. The number of carboxylic acids is 1. The Bertz CT molecular complexity index is 588. The molecule has 1 aromatic carbocycles. The topological polar surface area (TPSA) is 86.7 Å². The lowest BCUT2D eigenvalue weighted by Gasteiger charge is -2.17. The van der Waals surface area contributed by atoms with Crippen LogP contribution in [0.25, 0.3) is 0 Å². The molecular weight excluding hydrogens is 316 g/mol. The van der Waals surface area contributed by atoms with Crippen molar-refractivity contribution < 1.29 is 19.5 Å². The number of carbonyl (C=O) groups excluding carboxylic acids is 2. The minimum atomic E-state index is -0.879. The second-order valence-corrected chi connectivity index (χ2v) is 6.27. The van der Waals surface area contributed by atoms with E-state index in [2.05, 4.69) is 5.32 Å². The van der Waals surface area contributed by atoms with Crippen LogP contribution in [-0.2, 0) is 14.4 Å². The molecule has 0 saturated carbocycles. The Morgan fingerprint density at radius 2 is 2.04 bits per heavy atom. The van der Waals surface area contributed by atoms with Crippen LogP contribution in [0.1, 0.15) is 19.3 Å². The summed E-state index contributed by atoms with van der Waals surface area (Å²) in [5.41, 5.74) is 0.800. The van der Waals surface area contributed by atoms with E-state index in [1.165, 1.54) is 0 Å². The Morgan fingerprint density at radius 1 is 1.35 bits per heavy atom. The van der Waals surface area contributed by atoms with Gasteiger partial charge in [-0.1, -0.05) is 0 Å². The van der Waals surface area contributed by atoms with Crippen molar-refractivity contribution in [1.29, 1.82) is 0 Å². The van der Waals surface area contributed by atoms with E-state index in [1.54, 1.807) is 16.7 Å². The van der Waals surface area contributed by atoms with Gasteiger partial charge in [-0.2, -0.15) is 0 Å². The highest BCUT2D eigenvalue weighted by atomic mass is 32.2. The fourth-order valence-corrected chi connectivity index (χ4v) is 2.90. The van der Waals surface area contributed by atoms with Crippen LogP contribution in [-0.4, -0.2) is 42.2 Å². The first kappa shape index (κ1) is 17.3. The smallest absolute Gasteiger partial charge is 0.303 e. The summed E-state index contributed by atoms with van der Waals surface area (Å²) >= 11 is 1.63. The van der Waals surface area contributed by atoms with Crippen molar-refractivity contribution in [2.75, 3.05) is 24.2 Å². The number of carbonyl (C=O) groups is 3. The highest BCUT2D eigenvalue weighted by Gasteiger charge is 2.34. The summed E-state index contributed by atoms with van der Waals surface area (Å²) in [6, 6.07) is 7.67. The van der Waals surface area contributed by atoms with Crippen LogP contribution in [0.4, 0.5) is 5.69 Å². The number of nitrogens with one attached hydrogen (secondary N) is 1. The quantitative estimate of drug-likeness (QED) is 0.585. The van der Waals surface area contributed by atoms with Crippen LogP contribution in [0.15, 0.2) is 29.2 Å². The predicted molar refractivity (Wildman–Crippen MR) is 88.6 cm³/mol. The number of carboxylic acid groups (broad SMARTS) is 1. The predicted octanol–water partition coefficient (Wildman–Crippen LogP) is 1.74. The SMILES string of the molecule is CSc1ccc(N2C[C@@H](C(=O)NCCCC(=O)O)CC2=O)cc1. The number of hydrogen-bond acceptors (Lipinski definition) is 4. The van der Waals surface area contributed by atoms with Gasteiger partial charge in [-0.25, -0.2) is 0 Å². The summed E-state index contributed by atoms with van der Waals surface area (Å²) < 4.78 is 0. The average Bonchev–Trinajstić information content (AvgIpc) is 2.93. The van der Waals surface area contributed by atoms with Crippen LogP contribution >= 0.6 is 11.8 Å². The fraction of sp³-hybridized carbons (Fsp3) is 0.438. The van der Waals surface area contributed by atoms with Crippen molar-refractivity contribution in [2.45, 2.75) is 24.2 Å². The third kappa shape index (κ3) is 4.72. The molecule has 0 bridgehead atoms. The summed E-state index contributed by atoms with van der Waals surface area (Å²) in [7, 11) is 0. The van der Waals surface area contributed by atoms with E-state index < -0.39 is 5.97 Å². The number of amides is 2. The summed E-state index contributed by atoms with van der Waals surface area (Å²) in [6.07, 6.45) is 2.59. The molecule has 1 aliphatic rings. The molecule has 124 valence electrons. The second-order valence-electron chi connectivity index (χ2n) is 5.39. The third-order valence-corrected chi connectivity index (χ3v) is 4.49. The standard InChI is InChI=1S/C16H20N2O4S/c1-23-13-6-4-12(5-7-13)18-10-11(9-14(18)19)16(22)17-8-2-3-15(20)21/h4-7,11H,2-3,8-10H2,1H3,(H,17,22)(H,20,21)/t11-/m0/s1. The Labute approximate surface area is 139 Å². The molecule has 1 aliphatic heterocycles. The lowest BCUT2D eigenvalue weighted by molar-refractivity contribution is -0.137. The highest BCUT2D eigenvalue weighted by Crippen LogP contribution is 2.27. The molecule has 7 heteroatoms. The van der Waals surface area contributed by atoms with E-state index in [4.69, 9.17) is 5.11 Å². The second kappa shape index (κ2) is 8.01. The number of aliphatic carboxylic acids is 1. The summed E-state index contributed by atoms with van der Waals surface area (Å²) in [4.78, 5) is 37.4. The van der Waals surface area contributed by atoms with Crippen LogP contribution < -0.4 is 10.2 Å². The van der Waals surface area contributed by atoms with Gasteiger partial charge in [0.2, 0.25) is 11.8 Å². The van der Waals surface area contributed by atoms with Gasteiger partial charge >= 0.3 is 5.97 Å². The maximum atomic E-state index is 12.1. The van der Waals surface area contributed by atoms with Crippen molar-refractivity contribution in [3.63, 3.8) is 0 Å². The van der Waals surface area contributed by atoms with E-state index >= 15 is 0 Å². The summed E-state index contributed by atoms with van der Waals surface area (Å²) in [6.45, 7) is 0.681. The van der Waals surface area contributed by atoms with Gasteiger partial charge in [-0.05, 0) is 36.9 Å². The number of rotatable bonds is 7. The van der Waals surface area contributed by atoms with Crippen molar-refractivity contribution in [3.8, 4) is 0 Å². The first-order valence-corrected chi connectivity index (χ1v) is 8.67. The van der Waals surface area contributed by atoms with E-state index in [0.29, 0.717) is 19.5 Å². The van der Waals surface area contributed by atoms with E-state index in [1.807, 2.05) is 30.5 Å². The molecule has 1 aromatic rings. The van der Waals surface area contributed by atoms with E-state index in [9.17, 15) is 14.4 Å². The minimum Gasteiger partial charge on any atom is -0.481 e. The first-order chi connectivity index (χ1) is 11.0. The lowest BCUT2D eigenvalue weighted by atomic mass is 10.1. The van der Waals surface area contributed by atoms with Crippen molar-refractivity contribution >= 4 is 35.2 Å². The minimum absolute atomic E-state index is 0.0256. The molecule has 0 unspecified atom stereocenters. The summed E-state index contributed by atoms with van der Waals surface area (Å²) in [5, 5.41) is 11.3. The molecule has 23 heavy (non-hydrogen) atoms. The molecule has 1 saturated heterocycles. The Morgan fingerprint density at radius 3 is 2.65 bits per heavy atom. The zero-order chi connectivity index (χ0) is 16.8. The van der Waals surface area contributed by atoms with Crippen molar-refractivity contribution in [3.05, 3.63) is 24.3 Å². The van der Waals surface area contributed by atoms with Gasteiger partial charge in [0.1, 0.15) is 0 Å². The molecule has 6 nitrogen and oxygen atoms in total. The van der Waals surface area contributed by atoms with Gasteiger partial charge in [-0.3, -0.25) is 14.4 Å². The maximum absolute atomic E-state index is 12.1. The molecule has 0 radical (unpaired) electrons. The van der Waals surface area contributed by atoms with Crippen LogP contribution in [0.3, 0.4) is 0 Å². The monoisotopic (exact) mass is 336 g/mol. The zero-order valence-electron chi connectivity index (χ0n) is 12.9. The Kier molecular flexibility index (Phi) is 6.04. The molecule has 0 aromatic heterocycles. The zero-order valence-corrected chi connectivity index (χ0v) is 13.8. The summed E-state index contributed by atoms with van der Waals surface area (Å²) in [5.74, 6) is -1.51. The molecule has 1 atom stereocenters. The molecule has 2 N–H and O–H groups in total. The van der Waals surface area contributed by atoms with Gasteiger partial charge in [0.15, 0.2) is 0 Å². The number of benzene rings is 1. The number of hydrogen-bond donors (Lipinski definition) is 2. The molecule has 0 spiro atoms. The first-order valence-electron chi connectivity index (χ1n) is 7.45. The molecule has 1 heterocycles. The Hall–Kier alpha value is -2.02. The van der Waals surface area contributed by atoms with Crippen molar-refractivity contribution in [2.24, 2.45) is 5.92 Å². The molecule has 1 fully saturated rings. The van der Waals surface area contributed by atoms with Crippen LogP contribution in [0, 0.1) is 5.92 Å². The number of nitrogens with zero attached hydrogens (tertiary/aromatic N) is 1. The normalized spacial score (nSPS) is 17.3. The van der Waals surface area contributed by atoms with Crippen molar-refractivity contribution in [1.82, 2.24) is 5.32 Å². The highest BCUT2D eigenvalue weighted by molar-refractivity contribution is 7.98. The number of thioether (sulfide) groups is 1. The van der Waals surface area contributed by atoms with Gasteiger partial charge in [-0.15, -0.1) is 11.8 Å². The average molecular weight is 336 g/mol. The van der Waals surface area contributed by atoms with Gasteiger partial charge in [0, 0.05) is 36.5 Å². The molecular formula is C16H20N2O4S. The molecule has 0 aliphatic carbocycles. The van der Waals surface area contributed by atoms with E-state index in [-0.39, 0.29) is 30.6 Å². The van der Waals surface area contributed by atoms with Gasteiger partial charge in [0.05, 0.1) is 5.92 Å². The van der Waals surface area contributed by atoms with E-state index in [0.717, 1.165) is 10.6 Å². The number of anilines is 1. The molecule has 2 amide bonds. The maximum Gasteiger partial charge on any atom is 0.303 e. The molecule has 2 rings (SSSR count). The van der Waals surface area contributed by atoms with Gasteiger partial charge in [0.25, 0.3) is 0 Å². The Balaban J connectivity index is 1.88. The fourth-order valence-electron chi connectivity index (χ4n) is 2.49. The van der Waals surface area contributed by atoms with Gasteiger partial charge < -0.3 is 15.3 Å². The van der Waals surface area contributed by atoms with Crippen LogP contribution in [0.5, 0.6) is 0 Å². The van der Waals surface area contributed by atoms with Crippen LogP contribution in [0.2, 0.25) is 0 Å². The third-order valence-electron chi connectivity index (χ3n) is 3.75. The largest absolute Gasteiger partial charge is 0.481 e.